The van der Waals surface area contributed by atoms with Gasteiger partial charge in [-0.05, 0) is 18.6 Å². The number of nitro groups is 1. The van der Waals surface area contributed by atoms with Crippen LogP contribution in [0.2, 0.25) is 0 Å². The highest BCUT2D eigenvalue weighted by atomic mass is 19.1. The van der Waals surface area contributed by atoms with Gasteiger partial charge in [0.25, 0.3) is 5.69 Å². The third-order valence-electron chi connectivity index (χ3n) is 4.09. The van der Waals surface area contributed by atoms with Crippen LogP contribution in [0.3, 0.4) is 0 Å². The van der Waals surface area contributed by atoms with E-state index in [0.29, 0.717) is 16.9 Å². The zero-order chi connectivity index (χ0) is 20.1. The fourth-order valence-corrected chi connectivity index (χ4v) is 2.78. The Labute approximate surface area is 159 Å². The van der Waals surface area contributed by atoms with Crippen molar-refractivity contribution in [1.82, 2.24) is 19.9 Å². The summed E-state index contributed by atoms with van der Waals surface area (Å²) in [6.45, 7) is 1.00. The Kier molecular flexibility index (Phi) is 5.78. The number of hydrogen-bond donors (Lipinski definition) is 1. The number of ether oxygens (including phenoxy) is 1. The Balaban J connectivity index is 1.69. The monoisotopic (exact) mass is 387 g/mol. The van der Waals surface area contributed by atoms with Gasteiger partial charge in [0.2, 0.25) is 11.8 Å². The van der Waals surface area contributed by atoms with Crippen molar-refractivity contribution >= 4 is 22.6 Å². The fourth-order valence-electron chi connectivity index (χ4n) is 2.78. The normalized spacial score (nSPS) is 11.9. The fraction of sp³-hybridized carbons (Fsp3) is 0.278. The van der Waals surface area contributed by atoms with Crippen LogP contribution in [0.25, 0.3) is 11.0 Å². The van der Waals surface area contributed by atoms with Crippen LogP contribution in [0.4, 0.5) is 10.1 Å². The SMILES string of the molecule is CC(NC(=O)Cn1cnc2cccc([N+](=O)[O-])c21)c1ccc(OCCF)nc1. The average molecular weight is 387 g/mol. The molecule has 0 saturated heterocycles. The number of amides is 1. The minimum atomic E-state index is -0.600. The summed E-state index contributed by atoms with van der Waals surface area (Å²) in [4.78, 5) is 31.3. The van der Waals surface area contributed by atoms with E-state index in [1.165, 1.54) is 23.2 Å². The first kappa shape index (κ1) is 19.2. The number of nitrogens with one attached hydrogen (secondary N) is 1. The van der Waals surface area contributed by atoms with E-state index in [2.05, 4.69) is 15.3 Å². The number of alkyl halides is 1. The number of pyridine rings is 1. The summed E-state index contributed by atoms with van der Waals surface area (Å²) in [7, 11) is 0. The number of hydrogen-bond acceptors (Lipinski definition) is 6. The Bertz CT molecular complexity index is 989. The maximum absolute atomic E-state index is 12.4. The van der Waals surface area contributed by atoms with Gasteiger partial charge in [-0.3, -0.25) is 14.9 Å². The number of benzene rings is 1. The standard InChI is InChI=1S/C18H18FN5O4/c1-12(13-5-6-17(20-9-13)28-8-7-19)22-16(25)10-23-11-21-14-3-2-4-15(18(14)23)24(26)27/h2-6,9,11-12H,7-8,10H2,1H3,(H,22,25). The number of carbonyl (C=O) groups excluding carboxylic acids is 1. The maximum Gasteiger partial charge on any atom is 0.295 e. The molecule has 0 aliphatic heterocycles. The third-order valence-corrected chi connectivity index (χ3v) is 4.09. The van der Waals surface area contributed by atoms with E-state index in [4.69, 9.17) is 4.74 Å². The minimum Gasteiger partial charge on any atom is -0.475 e. The first-order valence-electron chi connectivity index (χ1n) is 8.52. The predicted molar refractivity (Wildman–Crippen MR) is 98.7 cm³/mol. The Morgan fingerprint density at radius 3 is 2.86 bits per heavy atom. The number of fused-ring (bicyclic) bond motifs is 1. The number of nitrogens with zero attached hydrogens (tertiary/aromatic N) is 4. The zero-order valence-electron chi connectivity index (χ0n) is 15.0. The molecule has 3 rings (SSSR count). The van der Waals surface area contributed by atoms with Crippen LogP contribution in [0.1, 0.15) is 18.5 Å². The second-order valence-electron chi connectivity index (χ2n) is 6.03. The van der Waals surface area contributed by atoms with Crippen molar-refractivity contribution in [3.05, 3.63) is 58.5 Å². The largest absolute Gasteiger partial charge is 0.475 e. The van der Waals surface area contributed by atoms with Crippen molar-refractivity contribution in [2.24, 2.45) is 0 Å². The lowest BCUT2D eigenvalue weighted by Gasteiger charge is -2.15. The molecule has 0 fully saturated rings. The third kappa shape index (κ3) is 4.22. The average Bonchev–Trinajstić information content (AvgIpc) is 3.09. The van der Waals surface area contributed by atoms with Gasteiger partial charge in [0.15, 0.2) is 0 Å². The number of imidazole rings is 1. The van der Waals surface area contributed by atoms with Gasteiger partial charge in [0.05, 0.1) is 22.8 Å². The highest BCUT2D eigenvalue weighted by Gasteiger charge is 2.18. The van der Waals surface area contributed by atoms with Gasteiger partial charge in [0, 0.05) is 18.3 Å². The summed E-state index contributed by atoms with van der Waals surface area (Å²) < 4.78 is 18.6. The second kappa shape index (κ2) is 8.42. The van der Waals surface area contributed by atoms with Gasteiger partial charge in [0.1, 0.15) is 25.3 Å². The van der Waals surface area contributed by atoms with Gasteiger partial charge in [-0.2, -0.15) is 0 Å². The molecular weight excluding hydrogens is 369 g/mol. The molecule has 0 spiro atoms. The molecule has 1 N–H and O–H groups in total. The van der Waals surface area contributed by atoms with Crippen molar-refractivity contribution in [1.29, 1.82) is 0 Å². The second-order valence-corrected chi connectivity index (χ2v) is 6.03. The van der Waals surface area contributed by atoms with Gasteiger partial charge >= 0.3 is 0 Å². The molecule has 0 aliphatic carbocycles. The summed E-state index contributed by atoms with van der Waals surface area (Å²) in [5.41, 5.74) is 1.38. The Morgan fingerprint density at radius 1 is 1.36 bits per heavy atom. The maximum atomic E-state index is 12.4. The molecule has 1 atom stereocenters. The lowest BCUT2D eigenvalue weighted by molar-refractivity contribution is -0.383. The van der Waals surface area contributed by atoms with E-state index in [0.717, 1.165) is 5.56 Å². The molecule has 10 heteroatoms. The smallest absolute Gasteiger partial charge is 0.295 e. The number of aromatic nitrogens is 3. The zero-order valence-corrected chi connectivity index (χ0v) is 15.0. The van der Waals surface area contributed by atoms with E-state index in [1.54, 1.807) is 31.2 Å². The molecule has 146 valence electrons. The number of nitro benzene ring substituents is 1. The molecule has 1 aromatic carbocycles. The van der Waals surface area contributed by atoms with Crippen LogP contribution in [0, 0.1) is 10.1 Å². The highest BCUT2D eigenvalue weighted by Crippen LogP contribution is 2.24. The molecule has 9 nitrogen and oxygen atoms in total. The summed E-state index contributed by atoms with van der Waals surface area (Å²) in [6, 6.07) is 7.55. The van der Waals surface area contributed by atoms with Crippen LogP contribution in [0.15, 0.2) is 42.9 Å². The van der Waals surface area contributed by atoms with Crippen molar-refractivity contribution in [3.8, 4) is 5.88 Å². The van der Waals surface area contributed by atoms with Crippen molar-refractivity contribution < 1.29 is 18.8 Å². The Morgan fingerprint density at radius 2 is 2.18 bits per heavy atom. The van der Waals surface area contributed by atoms with E-state index in [1.807, 2.05) is 0 Å². The molecule has 2 heterocycles. The molecule has 0 aliphatic rings. The topological polar surface area (TPSA) is 112 Å². The molecular formula is C18H18FN5O4. The Hall–Kier alpha value is -3.56. The van der Waals surface area contributed by atoms with Gasteiger partial charge < -0.3 is 14.6 Å². The number of rotatable bonds is 8. The van der Waals surface area contributed by atoms with E-state index in [9.17, 15) is 19.3 Å². The molecule has 0 saturated carbocycles. The summed E-state index contributed by atoms with van der Waals surface area (Å²) in [5.74, 6) is -0.0279. The van der Waals surface area contributed by atoms with Crippen molar-refractivity contribution in [3.63, 3.8) is 0 Å². The van der Waals surface area contributed by atoms with Gasteiger partial charge in [-0.15, -0.1) is 0 Å². The molecule has 1 unspecified atom stereocenters. The quantitative estimate of drug-likeness (QED) is 0.470. The summed E-state index contributed by atoms with van der Waals surface area (Å²) in [6.07, 6.45) is 2.94. The van der Waals surface area contributed by atoms with Crippen molar-refractivity contribution in [2.75, 3.05) is 13.3 Å². The number of carbonyl (C=O) groups is 1. The summed E-state index contributed by atoms with van der Waals surface area (Å²) >= 11 is 0. The molecule has 3 aromatic rings. The van der Waals surface area contributed by atoms with Crippen LogP contribution >= 0.6 is 0 Å². The van der Waals surface area contributed by atoms with Crippen LogP contribution in [0.5, 0.6) is 5.88 Å². The number of halogens is 1. The van der Waals surface area contributed by atoms with Crippen molar-refractivity contribution in [2.45, 2.75) is 19.5 Å². The lowest BCUT2D eigenvalue weighted by Crippen LogP contribution is -2.30. The lowest BCUT2D eigenvalue weighted by atomic mass is 10.1. The van der Waals surface area contributed by atoms with Crippen LogP contribution < -0.4 is 10.1 Å². The minimum absolute atomic E-state index is 0.0658. The summed E-state index contributed by atoms with van der Waals surface area (Å²) in [5, 5.41) is 14.0. The molecule has 2 aromatic heterocycles. The molecule has 1 amide bonds. The highest BCUT2D eigenvalue weighted by molar-refractivity contribution is 5.87. The van der Waals surface area contributed by atoms with Crippen LogP contribution in [-0.2, 0) is 11.3 Å². The van der Waals surface area contributed by atoms with E-state index < -0.39 is 11.6 Å². The van der Waals surface area contributed by atoms with E-state index in [-0.39, 0.29) is 30.8 Å². The predicted octanol–water partition coefficient (Wildman–Crippen LogP) is 2.57. The number of para-hydroxylation sites is 1. The van der Waals surface area contributed by atoms with Gasteiger partial charge in [-0.1, -0.05) is 12.1 Å². The van der Waals surface area contributed by atoms with Crippen LogP contribution in [-0.4, -0.2) is 38.6 Å². The molecule has 0 radical (unpaired) electrons. The molecule has 28 heavy (non-hydrogen) atoms. The first-order valence-corrected chi connectivity index (χ1v) is 8.52. The van der Waals surface area contributed by atoms with Gasteiger partial charge in [-0.25, -0.2) is 14.4 Å². The molecule has 0 bridgehead atoms. The number of non-ortho nitro benzene ring substituents is 1. The first-order chi connectivity index (χ1) is 13.5. The van der Waals surface area contributed by atoms with E-state index >= 15 is 0 Å².